The van der Waals surface area contributed by atoms with Crippen LogP contribution in [0.15, 0.2) is 30.5 Å². The van der Waals surface area contributed by atoms with E-state index in [4.69, 9.17) is 17.3 Å². The molecule has 1 fully saturated rings. The number of carbonyl (C=O) groups is 1. The van der Waals surface area contributed by atoms with E-state index in [0.717, 1.165) is 18.4 Å². The summed E-state index contributed by atoms with van der Waals surface area (Å²) in [4.78, 5) is 14.5. The zero-order valence-electron chi connectivity index (χ0n) is 11.8. The highest BCUT2D eigenvalue weighted by atomic mass is 35.5. The SMILES string of the molecule is Cn1cc(N)c(C(=O)N2CCCC2c2ccccc2Cl)n1. The lowest BCUT2D eigenvalue weighted by molar-refractivity contribution is 0.0730. The molecule has 0 spiro atoms. The first kappa shape index (κ1) is 13.9. The molecule has 0 bridgehead atoms. The molecule has 110 valence electrons. The third kappa shape index (κ3) is 2.49. The minimum absolute atomic E-state index is 0.00685. The van der Waals surface area contributed by atoms with Gasteiger partial charge in [-0.25, -0.2) is 0 Å². The van der Waals surface area contributed by atoms with Gasteiger partial charge in [0.1, 0.15) is 0 Å². The average Bonchev–Trinajstić information content (AvgIpc) is 3.05. The van der Waals surface area contributed by atoms with E-state index in [-0.39, 0.29) is 11.9 Å². The van der Waals surface area contributed by atoms with Crippen molar-refractivity contribution in [3.05, 3.63) is 46.7 Å². The summed E-state index contributed by atoms with van der Waals surface area (Å²) in [6.45, 7) is 0.699. The number of nitrogen functional groups attached to an aromatic ring is 1. The molecule has 21 heavy (non-hydrogen) atoms. The molecule has 1 amide bonds. The molecule has 1 atom stereocenters. The number of halogens is 1. The van der Waals surface area contributed by atoms with E-state index in [2.05, 4.69) is 5.10 Å². The second-order valence-corrected chi connectivity index (χ2v) is 5.69. The lowest BCUT2D eigenvalue weighted by Crippen LogP contribution is -2.31. The number of nitrogens with two attached hydrogens (primary N) is 1. The van der Waals surface area contributed by atoms with Crippen molar-refractivity contribution in [1.82, 2.24) is 14.7 Å². The highest BCUT2D eigenvalue weighted by Crippen LogP contribution is 2.36. The van der Waals surface area contributed by atoms with Crippen molar-refractivity contribution in [1.29, 1.82) is 0 Å². The van der Waals surface area contributed by atoms with Gasteiger partial charge in [0.15, 0.2) is 5.69 Å². The summed E-state index contributed by atoms with van der Waals surface area (Å²) in [6.07, 6.45) is 3.50. The van der Waals surface area contributed by atoms with Crippen LogP contribution in [0.1, 0.15) is 34.9 Å². The molecule has 3 rings (SSSR count). The lowest BCUT2D eigenvalue weighted by Gasteiger charge is -2.25. The third-order valence-corrected chi connectivity index (χ3v) is 4.18. The van der Waals surface area contributed by atoms with Crippen molar-refractivity contribution < 1.29 is 4.79 Å². The molecule has 1 saturated heterocycles. The number of benzene rings is 1. The second kappa shape index (κ2) is 5.41. The van der Waals surface area contributed by atoms with Gasteiger partial charge in [-0.2, -0.15) is 5.10 Å². The van der Waals surface area contributed by atoms with Gasteiger partial charge in [0.25, 0.3) is 5.91 Å². The van der Waals surface area contributed by atoms with Crippen molar-refractivity contribution in [3.8, 4) is 0 Å². The fourth-order valence-corrected chi connectivity index (χ4v) is 3.15. The van der Waals surface area contributed by atoms with Crippen LogP contribution in [0.5, 0.6) is 0 Å². The van der Waals surface area contributed by atoms with Crippen LogP contribution >= 0.6 is 11.6 Å². The van der Waals surface area contributed by atoms with E-state index in [1.165, 1.54) is 0 Å². The van der Waals surface area contributed by atoms with Gasteiger partial charge in [-0.05, 0) is 24.5 Å². The van der Waals surface area contributed by atoms with Gasteiger partial charge in [0.2, 0.25) is 0 Å². The molecule has 1 aliphatic heterocycles. The monoisotopic (exact) mass is 304 g/mol. The summed E-state index contributed by atoms with van der Waals surface area (Å²) >= 11 is 6.27. The van der Waals surface area contributed by atoms with Gasteiger partial charge in [0.05, 0.1) is 11.7 Å². The molecule has 0 aliphatic carbocycles. The Morgan fingerprint density at radius 1 is 1.43 bits per heavy atom. The molecule has 1 aliphatic rings. The zero-order chi connectivity index (χ0) is 15.0. The molecule has 6 heteroatoms. The summed E-state index contributed by atoms with van der Waals surface area (Å²) in [6, 6.07) is 7.65. The Balaban J connectivity index is 1.93. The topological polar surface area (TPSA) is 64.2 Å². The van der Waals surface area contributed by atoms with Crippen molar-refractivity contribution in [2.24, 2.45) is 7.05 Å². The van der Waals surface area contributed by atoms with Gasteiger partial charge in [-0.15, -0.1) is 0 Å². The Kier molecular flexibility index (Phi) is 3.59. The van der Waals surface area contributed by atoms with E-state index in [1.54, 1.807) is 17.9 Å². The van der Waals surface area contributed by atoms with E-state index < -0.39 is 0 Å². The summed E-state index contributed by atoms with van der Waals surface area (Å²) in [5.41, 5.74) is 7.58. The molecular weight excluding hydrogens is 288 g/mol. The summed E-state index contributed by atoms with van der Waals surface area (Å²) < 4.78 is 1.56. The number of hydrogen-bond acceptors (Lipinski definition) is 3. The first-order valence-corrected chi connectivity index (χ1v) is 7.30. The van der Waals surface area contributed by atoms with E-state index >= 15 is 0 Å². The number of nitrogens with zero attached hydrogens (tertiary/aromatic N) is 3. The van der Waals surface area contributed by atoms with Crippen molar-refractivity contribution in [2.75, 3.05) is 12.3 Å². The van der Waals surface area contributed by atoms with E-state index in [0.29, 0.717) is 22.9 Å². The highest BCUT2D eigenvalue weighted by Gasteiger charge is 2.33. The minimum Gasteiger partial charge on any atom is -0.396 e. The Bertz CT molecular complexity index is 682. The number of amides is 1. The van der Waals surface area contributed by atoms with Crippen LogP contribution in [0.2, 0.25) is 5.02 Å². The number of rotatable bonds is 2. The van der Waals surface area contributed by atoms with Crippen LogP contribution in [0.3, 0.4) is 0 Å². The number of aryl methyl sites for hydroxylation is 1. The molecule has 1 aromatic carbocycles. The number of anilines is 1. The Hall–Kier alpha value is -2.01. The normalized spacial score (nSPS) is 18.2. The van der Waals surface area contributed by atoms with Crippen molar-refractivity contribution in [2.45, 2.75) is 18.9 Å². The van der Waals surface area contributed by atoms with Gasteiger partial charge < -0.3 is 10.6 Å². The van der Waals surface area contributed by atoms with Gasteiger partial charge in [0, 0.05) is 24.8 Å². The van der Waals surface area contributed by atoms with Crippen molar-refractivity contribution >= 4 is 23.2 Å². The summed E-state index contributed by atoms with van der Waals surface area (Å²) in [5, 5.41) is 4.86. The number of likely N-dealkylation sites (tertiary alicyclic amines) is 1. The van der Waals surface area contributed by atoms with Crippen LogP contribution in [0.4, 0.5) is 5.69 Å². The average molecular weight is 305 g/mol. The van der Waals surface area contributed by atoms with Gasteiger partial charge >= 0.3 is 0 Å². The number of carbonyl (C=O) groups excluding carboxylic acids is 1. The predicted molar refractivity (Wildman–Crippen MR) is 82.1 cm³/mol. The molecule has 2 heterocycles. The van der Waals surface area contributed by atoms with Gasteiger partial charge in [-0.3, -0.25) is 9.48 Å². The molecule has 2 aromatic rings. The second-order valence-electron chi connectivity index (χ2n) is 5.28. The summed E-state index contributed by atoms with van der Waals surface area (Å²) in [5.74, 6) is -0.129. The number of hydrogen-bond donors (Lipinski definition) is 1. The molecular formula is C15H17ClN4O. The first-order valence-electron chi connectivity index (χ1n) is 6.92. The molecule has 0 radical (unpaired) electrons. The standard InChI is InChI=1S/C15H17ClN4O/c1-19-9-12(17)14(18-19)15(21)20-8-4-7-13(20)10-5-2-3-6-11(10)16/h2-3,5-6,9,13H,4,7-8,17H2,1H3. The first-order chi connectivity index (χ1) is 10.1. The van der Waals surface area contributed by atoms with Crippen LogP contribution < -0.4 is 5.73 Å². The Labute approximate surface area is 128 Å². The van der Waals surface area contributed by atoms with Gasteiger partial charge in [-0.1, -0.05) is 29.8 Å². The Morgan fingerprint density at radius 2 is 2.19 bits per heavy atom. The zero-order valence-corrected chi connectivity index (χ0v) is 12.5. The lowest BCUT2D eigenvalue weighted by atomic mass is 10.0. The molecule has 0 saturated carbocycles. The molecule has 5 nitrogen and oxygen atoms in total. The fraction of sp³-hybridized carbons (Fsp3) is 0.333. The van der Waals surface area contributed by atoms with Crippen LogP contribution in [-0.2, 0) is 7.05 Å². The van der Waals surface area contributed by atoms with E-state index in [1.807, 2.05) is 29.2 Å². The maximum absolute atomic E-state index is 12.7. The third-order valence-electron chi connectivity index (χ3n) is 3.84. The van der Waals surface area contributed by atoms with Crippen LogP contribution in [0, 0.1) is 0 Å². The molecule has 2 N–H and O–H groups in total. The maximum atomic E-state index is 12.7. The Morgan fingerprint density at radius 3 is 2.86 bits per heavy atom. The maximum Gasteiger partial charge on any atom is 0.277 e. The predicted octanol–water partition coefficient (Wildman–Crippen LogP) is 2.63. The quantitative estimate of drug-likeness (QED) is 0.927. The van der Waals surface area contributed by atoms with E-state index in [9.17, 15) is 4.79 Å². The van der Waals surface area contributed by atoms with Crippen LogP contribution in [-0.4, -0.2) is 27.1 Å². The molecule has 1 unspecified atom stereocenters. The fourth-order valence-electron chi connectivity index (χ4n) is 2.89. The minimum atomic E-state index is -0.129. The smallest absolute Gasteiger partial charge is 0.277 e. The highest BCUT2D eigenvalue weighted by molar-refractivity contribution is 6.31. The summed E-state index contributed by atoms with van der Waals surface area (Å²) in [7, 11) is 1.75. The van der Waals surface area contributed by atoms with Crippen molar-refractivity contribution in [3.63, 3.8) is 0 Å². The molecule has 1 aromatic heterocycles. The van der Waals surface area contributed by atoms with Crippen LogP contribution in [0.25, 0.3) is 0 Å². The number of aromatic nitrogens is 2. The largest absolute Gasteiger partial charge is 0.396 e.